The number of nitrogens with zero attached hydrogens (tertiary/aromatic N) is 4. The molecule has 144 valence electrons. The Morgan fingerprint density at radius 3 is 2.71 bits per heavy atom. The lowest BCUT2D eigenvalue weighted by Crippen LogP contribution is -2.36. The Morgan fingerprint density at radius 1 is 1.11 bits per heavy atom. The highest BCUT2D eigenvalue weighted by atomic mass is 32.2. The first-order valence-corrected chi connectivity index (χ1v) is 10.7. The third-order valence-corrected chi connectivity index (χ3v) is 6.11. The Labute approximate surface area is 169 Å². The number of rotatable bonds is 5. The van der Waals surface area contributed by atoms with Crippen LogP contribution in [0.4, 0.5) is 5.69 Å². The third-order valence-electron chi connectivity index (χ3n) is 5.16. The van der Waals surface area contributed by atoms with Crippen LogP contribution in [-0.4, -0.2) is 33.0 Å². The number of aromatic nitrogens is 3. The zero-order valence-electron chi connectivity index (χ0n) is 16.3. The van der Waals surface area contributed by atoms with Gasteiger partial charge in [-0.15, -0.1) is 10.2 Å². The summed E-state index contributed by atoms with van der Waals surface area (Å²) in [5.74, 6) is 1.35. The second-order valence-corrected chi connectivity index (χ2v) is 7.87. The van der Waals surface area contributed by atoms with E-state index in [1.807, 2.05) is 35.2 Å². The molecule has 1 aliphatic rings. The fourth-order valence-electron chi connectivity index (χ4n) is 3.70. The summed E-state index contributed by atoms with van der Waals surface area (Å²) in [6.45, 7) is 5.71. The summed E-state index contributed by atoms with van der Waals surface area (Å²) in [6.07, 6.45) is 2.05. The molecule has 2 aromatic carbocycles. The maximum absolute atomic E-state index is 12.9. The average molecular weight is 393 g/mol. The molecule has 5 nitrogen and oxygen atoms in total. The minimum absolute atomic E-state index is 0.125. The first-order valence-electron chi connectivity index (χ1n) is 9.69. The Balaban J connectivity index is 1.52. The molecule has 0 atom stereocenters. The zero-order valence-corrected chi connectivity index (χ0v) is 17.1. The molecule has 0 aliphatic carbocycles. The smallest absolute Gasteiger partial charge is 0.237 e. The molecule has 0 bridgehead atoms. The Kier molecular flexibility index (Phi) is 5.48. The van der Waals surface area contributed by atoms with Gasteiger partial charge >= 0.3 is 0 Å². The van der Waals surface area contributed by atoms with Gasteiger partial charge in [-0.1, -0.05) is 54.2 Å². The number of anilines is 1. The second kappa shape index (κ2) is 8.19. The molecule has 0 saturated carbocycles. The average Bonchev–Trinajstić information content (AvgIpc) is 3.14. The van der Waals surface area contributed by atoms with Crippen molar-refractivity contribution in [3.8, 4) is 11.4 Å². The molecule has 2 heterocycles. The van der Waals surface area contributed by atoms with Gasteiger partial charge in [-0.25, -0.2) is 0 Å². The number of hydrogen-bond donors (Lipinski definition) is 0. The fraction of sp³-hybridized carbons (Fsp3) is 0.318. The van der Waals surface area contributed by atoms with Crippen LogP contribution in [0.25, 0.3) is 11.4 Å². The lowest BCUT2D eigenvalue weighted by Gasteiger charge is -2.29. The van der Waals surface area contributed by atoms with Crippen molar-refractivity contribution >= 4 is 23.4 Å². The first kappa shape index (κ1) is 18.7. The van der Waals surface area contributed by atoms with Crippen molar-refractivity contribution in [3.05, 3.63) is 59.7 Å². The van der Waals surface area contributed by atoms with E-state index in [0.717, 1.165) is 48.2 Å². The number of amides is 1. The lowest BCUT2D eigenvalue weighted by molar-refractivity contribution is -0.116. The van der Waals surface area contributed by atoms with Gasteiger partial charge in [0.2, 0.25) is 5.91 Å². The minimum Gasteiger partial charge on any atom is -0.311 e. The van der Waals surface area contributed by atoms with E-state index in [1.54, 1.807) is 0 Å². The number of para-hydroxylation sites is 1. The molecule has 0 saturated heterocycles. The number of thioether (sulfide) groups is 1. The van der Waals surface area contributed by atoms with Crippen LogP contribution >= 0.6 is 11.8 Å². The molecule has 1 aliphatic heterocycles. The SMILES string of the molecule is CCn1c(SCC(=O)N2CCCc3ccccc32)nnc1-c1ccccc1C. The van der Waals surface area contributed by atoms with Crippen molar-refractivity contribution in [1.29, 1.82) is 0 Å². The number of carbonyl (C=O) groups is 1. The van der Waals surface area contributed by atoms with Crippen molar-refractivity contribution in [2.24, 2.45) is 0 Å². The van der Waals surface area contributed by atoms with Crippen molar-refractivity contribution in [2.75, 3.05) is 17.2 Å². The number of benzene rings is 2. The number of hydrogen-bond acceptors (Lipinski definition) is 4. The largest absolute Gasteiger partial charge is 0.311 e. The van der Waals surface area contributed by atoms with Crippen molar-refractivity contribution in [1.82, 2.24) is 14.8 Å². The van der Waals surface area contributed by atoms with E-state index >= 15 is 0 Å². The van der Waals surface area contributed by atoms with Gasteiger partial charge in [0, 0.05) is 24.3 Å². The molecule has 1 aromatic heterocycles. The normalized spacial score (nSPS) is 13.4. The Hall–Kier alpha value is -2.60. The Bertz CT molecular complexity index is 998. The van der Waals surface area contributed by atoms with Crippen molar-refractivity contribution in [3.63, 3.8) is 0 Å². The summed E-state index contributed by atoms with van der Waals surface area (Å²) in [6, 6.07) is 16.4. The minimum atomic E-state index is 0.125. The summed E-state index contributed by atoms with van der Waals surface area (Å²) < 4.78 is 2.09. The summed E-state index contributed by atoms with van der Waals surface area (Å²) in [7, 11) is 0. The molecule has 4 rings (SSSR count). The second-order valence-electron chi connectivity index (χ2n) is 6.93. The van der Waals surface area contributed by atoms with E-state index in [4.69, 9.17) is 0 Å². The topological polar surface area (TPSA) is 51.0 Å². The molecule has 1 amide bonds. The highest BCUT2D eigenvalue weighted by Gasteiger charge is 2.23. The highest BCUT2D eigenvalue weighted by molar-refractivity contribution is 7.99. The monoisotopic (exact) mass is 392 g/mol. The van der Waals surface area contributed by atoms with E-state index < -0.39 is 0 Å². The van der Waals surface area contributed by atoms with Crippen LogP contribution < -0.4 is 4.90 Å². The van der Waals surface area contributed by atoms with Crippen molar-refractivity contribution in [2.45, 2.75) is 38.4 Å². The summed E-state index contributed by atoms with van der Waals surface area (Å²) >= 11 is 1.47. The van der Waals surface area contributed by atoms with Crippen LogP contribution in [-0.2, 0) is 17.8 Å². The first-order chi connectivity index (χ1) is 13.7. The van der Waals surface area contributed by atoms with Gasteiger partial charge < -0.3 is 9.47 Å². The molecule has 6 heteroatoms. The molecular weight excluding hydrogens is 368 g/mol. The standard InChI is InChI=1S/C22H24N4OS/c1-3-25-21(18-12-6-4-9-16(18)2)23-24-22(25)28-15-20(27)26-14-8-11-17-10-5-7-13-19(17)26/h4-7,9-10,12-13H,3,8,11,14-15H2,1-2H3. The predicted molar refractivity (Wildman–Crippen MR) is 114 cm³/mol. The van der Waals surface area contributed by atoms with Gasteiger partial charge in [-0.05, 0) is 43.9 Å². The van der Waals surface area contributed by atoms with Crippen LogP contribution in [0.5, 0.6) is 0 Å². The molecular formula is C22H24N4OS. The van der Waals surface area contributed by atoms with E-state index in [0.29, 0.717) is 5.75 Å². The summed E-state index contributed by atoms with van der Waals surface area (Å²) in [4.78, 5) is 14.8. The quantitative estimate of drug-likeness (QED) is 0.606. The van der Waals surface area contributed by atoms with Gasteiger partial charge in [-0.3, -0.25) is 4.79 Å². The van der Waals surface area contributed by atoms with Gasteiger partial charge in [0.15, 0.2) is 11.0 Å². The van der Waals surface area contributed by atoms with E-state index in [1.165, 1.54) is 22.9 Å². The lowest BCUT2D eigenvalue weighted by atomic mass is 10.0. The molecule has 0 fully saturated rings. The zero-order chi connectivity index (χ0) is 19.5. The molecule has 0 radical (unpaired) electrons. The van der Waals surface area contributed by atoms with Crippen molar-refractivity contribution < 1.29 is 4.79 Å². The Morgan fingerprint density at radius 2 is 1.89 bits per heavy atom. The molecule has 0 unspecified atom stereocenters. The van der Waals surface area contributed by atoms with E-state index in [-0.39, 0.29) is 5.91 Å². The van der Waals surface area contributed by atoms with Crippen LogP contribution in [0.2, 0.25) is 0 Å². The van der Waals surface area contributed by atoms with E-state index in [9.17, 15) is 4.79 Å². The van der Waals surface area contributed by atoms with Crippen LogP contribution in [0.1, 0.15) is 24.5 Å². The third kappa shape index (κ3) is 3.56. The maximum atomic E-state index is 12.9. The van der Waals surface area contributed by atoms with Gasteiger partial charge in [0.1, 0.15) is 0 Å². The van der Waals surface area contributed by atoms with Gasteiger partial charge in [-0.2, -0.15) is 0 Å². The number of carbonyl (C=O) groups excluding carboxylic acids is 1. The fourth-order valence-corrected chi connectivity index (χ4v) is 4.58. The number of fused-ring (bicyclic) bond motifs is 1. The van der Waals surface area contributed by atoms with Crippen LogP contribution in [0.15, 0.2) is 53.7 Å². The molecule has 3 aromatic rings. The molecule has 0 N–H and O–H groups in total. The predicted octanol–water partition coefficient (Wildman–Crippen LogP) is 4.34. The van der Waals surface area contributed by atoms with E-state index in [2.05, 4.69) is 46.8 Å². The summed E-state index contributed by atoms with van der Waals surface area (Å²) in [5.41, 5.74) is 4.56. The van der Waals surface area contributed by atoms with Crippen LogP contribution in [0, 0.1) is 6.92 Å². The number of aryl methyl sites for hydroxylation is 2. The highest BCUT2D eigenvalue weighted by Crippen LogP contribution is 2.29. The maximum Gasteiger partial charge on any atom is 0.237 e. The summed E-state index contributed by atoms with van der Waals surface area (Å²) in [5, 5.41) is 9.57. The molecule has 28 heavy (non-hydrogen) atoms. The van der Waals surface area contributed by atoms with Gasteiger partial charge in [0.05, 0.1) is 5.75 Å². The van der Waals surface area contributed by atoms with Gasteiger partial charge in [0.25, 0.3) is 0 Å². The molecule has 0 spiro atoms. The van der Waals surface area contributed by atoms with Crippen LogP contribution in [0.3, 0.4) is 0 Å².